The molecule has 1 aliphatic rings. The second kappa shape index (κ2) is 18.7. The van der Waals surface area contributed by atoms with Crippen LogP contribution in [0.1, 0.15) is 82.4 Å². The van der Waals surface area contributed by atoms with Gasteiger partial charge in [0.15, 0.2) is 0 Å². The van der Waals surface area contributed by atoms with Gasteiger partial charge in [-0.15, -0.1) is 0 Å². The van der Waals surface area contributed by atoms with Crippen molar-refractivity contribution < 1.29 is 38.6 Å². The first kappa shape index (κ1) is 39.4. The Bertz CT molecular complexity index is 1640. The molecular formula is C40H50N4O8. The maximum absolute atomic E-state index is 13.7. The number of ether oxygens (including phenoxy) is 2. The minimum absolute atomic E-state index is 0.0485. The molecule has 4 amide bonds. The van der Waals surface area contributed by atoms with Crippen molar-refractivity contribution in [3.8, 4) is 11.1 Å². The summed E-state index contributed by atoms with van der Waals surface area (Å²) in [7, 11) is 0. The molecule has 12 heteroatoms. The zero-order chi connectivity index (χ0) is 37.7. The largest absolute Gasteiger partial charge is 0.480 e. The van der Waals surface area contributed by atoms with Gasteiger partial charge < -0.3 is 35.8 Å². The Morgan fingerprint density at radius 2 is 1.27 bits per heavy atom. The van der Waals surface area contributed by atoms with Crippen LogP contribution in [0, 0.1) is 0 Å². The van der Waals surface area contributed by atoms with E-state index in [1.165, 1.54) is 0 Å². The number of alkyl carbamates (subject to hydrolysis) is 2. The van der Waals surface area contributed by atoms with Gasteiger partial charge in [-0.3, -0.25) is 9.59 Å². The Hall–Kier alpha value is -5.39. The summed E-state index contributed by atoms with van der Waals surface area (Å²) in [6.45, 7) is 7.47. The molecule has 0 unspecified atom stereocenters. The van der Waals surface area contributed by atoms with Crippen LogP contribution in [0.25, 0.3) is 11.1 Å². The van der Waals surface area contributed by atoms with E-state index < -0.39 is 53.7 Å². The summed E-state index contributed by atoms with van der Waals surface area (Å²) in [6, 6.07) is 21.5. The molecule has 0 aliphatic heterocycles. The molecule has 0 radical (unpaired) electrons. The number of amides is 4. The first-order valence-corrected chi connectivity index (χ1v) is 17.8. The van der Waals surface area contributed by atoms with Crippen molar-refractivity contribution in [1.29, 1.82) is 0 Å². The van der Waals surface area contributed by atoms with Gasteiger partial charge in [0.05, 0.1) is 0 Å². The lowest BCUT2D eigenvalue weighted by atomic mass is 9.98. The lowest BCUT2D eigenvalue weighted by molar-refractivity contribution is -0.142. The number of carbonyl (C=O) groups is 5. The van der Waals surface area contributed by atoms with E-state index in [-0.39, 0.29) is 38.3 Å². The Balaban J connectivity index is 1.41. The van der Waals surface area contributed by atoms with Crippen LogP contribution in [0.5, 0.6) is 0 Å². The number of fused-ring (bicyclic) bond motifs is 3. The standard InChI is InChI=1S/C40H50N4O8/c1-5-15-32(35(45)43-34(37(47)48)24-26-16-7-6-8-17-26)42-36(46)33(22-13-14-23-41-38(49)52-40(2,3)4)44-39(50)51-25-31-29-20-11-9-18-27(29)28-19-10-12-21-30(28)31/h6-12,16-21,31-34H,5,13-15,22-25H2,1-4H3,(H,41,49)(H,42,46)(H,43,45)(H,44,50)(H,47,48)/t32-,33-,34-/m0/s1. The van der Waals surface area contributed by atoms with E-state index in [1.807, 2.05) is 61.5 Å². The molecule has 0 saturated carbocycles. The number of carboxylic acids is 1. The van der Waals surface area contributed by atoms with E-state index >= 15 is 0 Å². The summed E-state index contributed by atoms with van der Waals surface area (Å²) < 4.78 is 11.0. The van der Waals surface area contributed by atoms with Crippen LogP contribution in [0.2, 0.25) is 0 Å². The van der Waals surface area contributed by atoms with Crippen molar-refractivity contribution in [3.63, 3.8) is 0 Å². The first-order chi connectivity index (χ1) is 24.9. The Kier molecular flexibility index (Phi) is 14.2. The lowest BCUT2D eigenvalue weighted by Crippen LogP contribution is -2.56. The highest BCUT2D eigenvalue weighted by molar-refractivity contribution is 5.93. The fourth-order valence-corrected chi connectivity index (χ4v) is 6.18. The number of aliphatic carboxylic acids is 1. The van der Waals surface area contributed by atoms with Gasteiger partial charge in [-0.2, -0.15) is 0 Å². The molecule has 0 aromatic heterocycles. The fraction of sp³-hybridized carbons (Fsp3) is 0.425. The average Bonchev–Trinajstić information content (AvgIpc) is 3.42. The number of benzene rings is 3. The van der Waals surface area contributed by atoms with Crippen molar-refractivity contribution in [3.05, 3.63) is 95.6 Å². The van der Waals surface area contributed by atoms with E-state index in [1.54, 1.807) is 45.0 Å². The number of carbonyl (C=O) groups excluding carboxylic acids is 4. The van der Waals surface area contributed by atoms with Crippen molar-refractivity contribution in [2.75, 3.05) is 13.2 Å². The Labute approximate surface area is 305 Å². The molecule has 52 heavy (non-hydrogen) atoms. The third-order valence-electron chi connectivity index (χ3n) is 8.65. The van der Waals surface area contributed by atoms with Gasteiger partial charge in [0, 0.05) is 18.9 Å². The second-order valence-corrected chi connectivity index (χ2v) is 13.9. The number of hydrogen-bond acceptors (Lipinski definition) is 7. The number of hydrogen-bond donors (Lipinski definition) is 5. The van der Waals surface area contributed by atoms with E-state index in [9.17, 15) is 29.1 Å². The Morgan fingerprint density at radius 3 is 1.85 bits per heavy atom. The molecule has 0 spiro atoms. The summed E-state index contributed by atoms with van der Waals surface area (Å²) in [5.41, 5.74) is 4.34. The average molecular weight is 715 g/mol. The highest BCUT2D eigenvalue weighted by Crippen LogP contribution is 2.44. The quantitative estimate of drug-likeness (QED) is 0.111. The van der Waals surface area contributed by atoms with E-state index in [0.29, 0.717) is 19.3 Å². The van der Waals surface area contributed by atoms with Crippen LogP contribution < -0.4 is 21.3 Å². The van der Waals surface area contributed by atoms with Crippen LogP contribution in [-0.2, 0) is 30.3 Å². The maximum atomic E-state index is 13.7. The van der Waals surface area contributed by atoms with Crippen molar-refractivity contribution in [2.24, 2.45) is 0 Å². The molecule has 0 bridgehead atoms. The zero-order valence-electron chi connectivity index (χ0n) is 30.3. The number of rotatable bonds is 17. The van der Waals surface area contributed by atoms with Crippen molar-refractivity contribution >= 4 is 30.0 Å². The van der Waals surface area contributed by atoms with E-state index in [0.717, 1.165) is 27.8 Å². The van der Waals surface area contributed by atoms with Crippen LogP contribution in [0.3, 0.4) is 0 Å². The Morgan fingerprint density at radius 1 is 0.712 bits per heavy atom. The van der Waals surface area contributed by atoms with Crippen molar-refractivity contribution in [2.45, 2.75) is 95.9 Å². The lowest BCUT2D eigenvalue weighted by Gasteiger charge is -2.24. The molecule has 3 aromatic carbocycles. The molecule has 278 valence electrons. The third-order valence-corrected chi connectivity index (χ3v) is 8.65. The van der Waals surface area contributed by atoms with E-state index in [4.69, 9.17) is 9.47 Å². The highest BCUT2D eigenvalue weighted by Gasteiger charge is 2.32. The normalized spacial score (nSPS) is 13.8. The molecule has 12 nitrogen and oxygen atoms in total. The van der Waals surface area contributed by atoms with Gasteiger partial charge in [-0.05, 0) is 74.3 Å². The first-order valence-electron chi connectivity index (χ1n) is 17.8. The summed E-state index contributed by atoms with van der Waals surface area (Å²) in [5, 5.41) is 20.5. The second-order valence-electron chi connectivity index (χ2n) is 13.9. The predicted octanol–water partition coefficient (Wildman–Crippen LogP) is 5.69. The fourth-order valence-electron chi connectivity index (χ4n) is 6.18. The topological polar surface area (TPSA) is 172 Å². The smallest absolute Gasteiger partial charge is 0.407 e. The summed E-state index contributed by atoms with van der Waals surface area (Å²) in [4.78, 5) is 64.5. The molecule has 3 atom stereocenters. The molecule has 0 saturated heterocycles. The molecule has 0 heterocycles. The van der Waals surface area contributed by atoms with Gasteiger partial charge in [0.1, 0.15) is 30.3 Å². The summed E-state index contributed by atoms with van der Waals surface area (Å²) in [5.74, 6) is -2.63. The van der Waals surface area contributed by atoms with Gasteiger partial charge in [-0.1, -0.05) is 92.2 Å². The van der Waals surface area contributed by atoms with Crippen LogP contribution in [0.15, 0.2) is 78.9 Å². The maximum Gasteiger partial charge on any atom is 0.407 e. The minimum Gasteiger partial charge on any atom is -0.480 e. The van der Waals surface area contributed by atoms with Gasteiger partial charge in [-0.25, -0.2) is 14.4 Å². The summed E-state index contributed by atoms with van der Waals surface area (Å²) in [6.07, 6.45) is 0.575. The van der Waals surface area contributed by atoms with Crippen LogP contribution in [0.4, 0.5) is 9.59 Å². The van der Waals surface area contributed by atoms with Gasteiger partial charge >= 0.3 is 18.2 Å². The van der Waals surface area contributed by atoms with E-state index in [2.05, 4.69) is 21.3 Å². The SMILES string of the molecule is CCC[C@H](NC(=O)[C@H](CCCCNC(=O)OC(C)(C)C)NC(=O)OCC1c2ccccc2-c2ccccc21)C(=O)N[C@@H](Cc1ccccc1)C(=O)O. The number of unbranched alkanes of at least 4 members (excludes halogenated alkanes) is 1. The molecule has 1 aliphatic carbocycles. The molecule has 4 rings (SSSR count). The molecular weight excluding hydrogens is 664 g/mol. The monoisotopic (exact) mass is 714 g/mol. The summed E-state index contributed by atoms with van der Waals surface area (Å²) >= 11 is 0. The predicted molar refractivity (Wildman–Crippen MR) is 197 cm³/mol. The highest BCUT2D eigenvalue weighted by atomic mass is 16.6. The van der Waals surface area contributed by atoms with Gasteiger partial charge in [0.2, 0.25) is 11.8 Å². The zero-order valence-corrected chi connectivity index (χ0v) is 30.3. The number of carboxylic acid groups (broad SMARTS) is 1. The molecule has 0 fully saturated rings. The van der Waals surface area contributed by atoms with Gasteiger partial charge in [0.25, 0.3) is 0 Å². The van der Waals surface area contributed by atoms with Crippen LogP contribution >= 0.6 is 0 Å². The molecule has 3 aromatic rings. The molecule has 5 N–H and O–H groups in total. The number of nitrogens with one attached hydrogen (secondary N) is 4. The van der Waals surface area contributed by atoms with Crippen LogP contribution in [-0.4, -0.2) is 72.0 Å². The third kappa shape index (κ3) is 11.6. The van der Waals surface area contributed by atoms with Crippen molar-refractivity contribution in [1.82, 2.24) is 21.3 Å². The minimum atomic E-state index is -1.21.